The maximum atomic E-state index is 11.9. The van der Waals surface area contributed by atoms with Gasteiger partial charge in [-0.1, -0.05) is 12.1 Å². The van der Waals surface area contributed by atoms with Gasteiger partial charge in [0.15, 0.2) is 0 Å². The summed E-state index contributed by atoms with van der Waals surface area (Å²) in [6.45, 7) is 0. The quantitative estimate of drug-likeness (QED) is 0.840. The average molecular weight is 299 g/mol. The average Bonchev–Trinajstić information content (AvgIpc) is 3.38. The normalized spacial score (nSPS) is 15.3. The zero-order valence-corrected chi connectivity index (χ0v) is 12.3. The lowest BCUT2D eigenvalue weighted by Gasteiger charge is -2.16. The van der Waals surface area contributed by atoms with E-state index in [4.69, 9.17) is 4.74 Å². The third kappa shape index (κ3) is 3.21. The van der Waals surface area contributed by atoms with Crippen LogP contribution in [-0.4, -0.2) is 35.0 Å². The number of benzene rings is 1. The molecule has 1 amide bonds. The number of nitrogens with zero attached hydrogens (tertiary/aromatic N) is 2. The van der Waals surface area contributed by atoms with Crippen LogP contribution in [0.5, 0.6) is 0 Å². The Labute approximate surface area is 127 Å². The molecule has 114 valence electrons. The van der Waals surface area contributed by atoms with Crippen molar-refractivity contribution in [3.63, 3.8) is 0 Å². The molecule has 1 heterocycles. The van der Waals surface area contributed by atoms with Crippen molar-refractivity contribution in [1.29, 1.82) is 0 Å². The molecule has 0 saturated heterocycles. The van der Waals surface area contributed by atoms with E-state index in [0.717, 1.165) is 23.9 Å². The van der Waals surface area contributed by atoms with E-state index in [0.29, 0.717) is 5.69 Å². The van der Waals surface area contributed by atoms with Gasteiger partial charge in [0.1, 0.15) is 6.04 Å². The second-order valence-corrected chi connectivity index (χ2v) is 5.41. The van der Waals surface area contributed by atoms with Gasteiger partial charge in [0.05, 0.1) is 23.8 Å². The second kappa shape index (κ2) is 6.09. The largest absolute Gasteiger partial charge is 0.467 e. The summed E-state index contributed by atoms with van der Waals surface area (Å²) in [6, 6.07) is 6.78. The maximum absolute atomic E-state index is 11.9. The van der Waals surface area contributed by atoms with Gasteiger partial charge < -0.3 is 10.1 Å². The Morgan fingerprint density at radius 3 is 2.73 bits per heavy atom. The second-order valence-electron chi connectivity index (χ2n) is 5.41. The van der Waals surface area contributed by atoms with Crippen molar-refractivity contribution < 1.29 is 14.3 Å². The van der Waals surface area contributed by atoms with E-state index < -0.39 is 12.0 Å². The maximum Gasteiger partial charge on any atom is 0.328 e. The number of fused-ring (bicyclic) bond motifs is 1. The molecule has 3 rings (SSSR count). The van der Waals surface area contributed by atoms with Crippen LogP contribution in [0.3, 0.4) is 0 Å². The molecule has 1 saturated carbocycles. The summed E-state index contributed by atoms with van der Waals surface area (Å²) in [5.41, 5.74) is 2.20. The van der Waals surface area contributed by atoms with Crippen molar-refractivity contribution in [3.8, 4) is 0 Å². The predicted molar refractivity (Wildman–Crippen MR) is 79.9 cm³/mol. The summed E-state index contributed by atoms with van der Waals surface area (Å²) in [7, 11) is 1.31. The van der Waals surface area contributed by atoms with Gasteiger partial charge in [0.2, 0.25) is 5.91 Å². The summed E-state index contributed by atoms with van der Waals surface area (Å²) in [4.78, 5) is 32.6. The fourth-order valence-electron chi connectivity index (χ4n) is 2.27. The van der Waals surface area contributed by atoms with E-state index in [-0.39, 0.29) is 18.2 Å². The number of carbonyl (C=O) groups excluding carboxylic acids is 2. The highest BCUT2D eigenvalue weighted by molar-refractivity contribution is 5.87. The van der Waals surface area contributed by atoms with Crippen LogP contribution in [-0.2, 0) is 20.7 Å². The molecule has 0 radical (unpaired) electrons. The molecule has 0 unspecified atom stereocenters. The number of para-hydroxylation sites is 2. The van der Waals surface area contributed by atoms with Crippen LogP contribution in [0.25, 0.3) is 11.0 Å². The molecule has 0 spiro atoms. The summed E-state index contributed by atoms with van der Waals surface area (Å²) in [5, 5.41) is 2.74. The SMILES string of the molecule is COC(=O)[C@H](Cc1cnc2ccccc2n1)NC(=O)C1CC1. The first-order valence-corrected chi connectivity index (χ1v) is 7.26. The van der Waals surface area contributed by atoms with Gasteiger partial charge in [0, 0.05) is 18.5 Å². The Kier molecular flexibility index (Phi) is 4.00. The van der Waals surface area contributed by atoms with E-state index >= 15 is 0 Å². The van der Waals surface area contributed by atoms with Crippen LogP contribution >= 0.6 is 0 Å². The van der Waals surface area contributed by atoms with Crippen molar-refractivity contribution >= 4 is 22.9 Å². The van der Waals surface area contributed by atoms with Gasteiger partial charge >= 0.3 is 5.97 Å². The highest BCUT2D eigenvalue weighted by atomic mass is 16.5. The third-order valence-corrected chi connectivity index (χ3v) is 3.66. The minimum atomic E-state index is -0.728. The molecular weight excluding hydrogens is 282 g/mol. The number of esters is 1. The molecule has 1 aromatic carbocycles. The van der Waals surface area contributed by atoms with Crippen LogP contribution < -0.4 is 5.32 Å². The van der Waals surface area contributed by atoms with E-state index in [2.05, 4.69) is 15.3 Å². The first kappa shape index (κ1) is 14.4. The number of nitrogens with one attached hydrogen (secondary N) is 1. The monoisotopic (exact) mass is 299 g/mol. The number of rotatable bonds is 5. The minimum Gasteiger partial charge on any atom is -0.467 e. The molecular formula is C16H17N3O3. The number of hydrogen-bond donors (Lipinski definition) is 1. The lowest BCUT2D eigenvalue weighted by atomic mass is 10.1. The first-order valence-electron chi connectivity index (χ1n) is 7.26. The molecule has 1 aromatic heterocycles. The summed E-state index contributed by atoms with van der Waals surface area (Å²) in [5.74, 6) is -0.525. The van der Waals surface area contributed by atoms with Crippen LogP contribution in [0.2, 0.25) is 0 Å². The van der Waals surface area contributed by atoms with E-state index in [1.165, 1.54) is 7.11 Å². The van der Waals surface area contributed by atoms with E-state index in [9.17, 15) is 9.59 Å². The summed E-state index contributed by atoms with van der Waals surface area (Å²) >= 11 is 0. The highest BCUT2D eigenvalue weighted by Crippen LogP contribution is 2.29. The highest BCUT2D eigenvalue weighted by Gasteiger charge is 2.33. The smallest absolute Gasteiger partial charge is 0.328 e. The molecule has 2 aromatic rings. The van der Waals surface area contributed by atoms with Crippen LogP contribution in [0.4, 0.5) is 0 Å². The summed E-state index contributed by atoms with van der Waals surface area (Å²) < 4.78 is 4.77. The predicted octanol–water partition coefficient (Wildman–Crippen LogP) is 1.24. The number of ether oxygens (including phenoxy) is 1. The lowest BCUT2D eigenvalue weighted by molar-refractivity contribution is -0.145. The van der Waals surface area contributed by atoms with E-state index in [1.54, 1.807) is 6.20 Å². The number of amides is 1. The lowest BCUT2D eigenvalue weighted by Crippen LogP contribution is -2.43. The van der Waals surface area contributed by atoms with E-state index in [1.807, 2.05) is 24.3 Å². The molecule has 1 atom stereocenters. The third-order valence-electron chi connectivity index (χ3n) is 3.66. The Hall–Kier alpha value is -2.50. The van der Waals surface area contributed by atoms with Crippen LogP contribution in [0, 0.1) is 5.92 Å². The topological polar surface area (TPSA) is 81.2 Å². The molecule has 1 N–H and O–H groups in total. The summed E-state index contributed by atoms with van der Waals surface area (Å²) in [6.07, 6.45) is 3.66. The van der Waals surface area contributed by atoms with Crippen molar-refractivity contribution in [2.45, 2.75) is 25.3 Å². The molecule has 1 aliphatic rings. The van der Waals surface area contributed by atoms with Crippen molar-refractivity contribution in [2.75, 3.05) is 7.11 Å². The molecule has 0 aliphatic heterocycles. The van der Waals surface area contributed by atoms with Gasteiger partial charge in [-0.3, -0.25) is 9.78 Å². The Bertz CT molecular complexity index is 713. The standard InChI is InChI=1S/C16H17N3O3/c1-22-16(21)14(19-15(20)10-6-7-10)8-11-9-17-12-4-2-3-5-13(12)18-11/h2-5,9-10,14H,6-8H2,1H3,(H,19,20)/t14-/m0/s1. The zero-order chi connectivity index (χ0) is 15.5. The molecule has 6 nitrogen and oxygen atoms in total. The molecule has 0 bridgehead atoms. The fraction of sp³-hybridized carbons (Fsp3) is 0.375. The van der Waals surface area contributed by atoms with Gasteiger partial charge in [-0.25, -0.2) is 9.78 Å². The molecule has 22 heavy (non-hydrogen) atoms. The Morgan fingerprint density at radius 2 is 2.05 bits per heavy atom. The van der Waals surface area contributed by atoms with Crippen molar-refractivity contribution in [1.82, 2.24) is 15.3 Å². The number of carbonyl (C=O) groups is 2. The molecule has 1 fully saturated rings. The van der Waals surface area contributed by atoms with Crippen LogP contribution in [0.1, 0.15) is 18.5 Å². The minimum absolute atomic E-state index is 0.0369. The number of methoxy groups -OCH3 is 1. The van der Waals surface area contributed by atoms with Gasteiger partial charge in [-0.2, -0.15) is 0 Å². The fourth-order valence-corrected chi connectivity index (χ4v) is 2.27. The van der Waals surface area contributed by atoms with Crippen LogP contribution in [0.15, 0.2) is 30.5 Å². The number of hydrogen-bond acceptors (Lipinski definition) is 5. The van der Waals surface area contributed by atoms with Crippen molar-refractivity contribution in [2.24, 2.45) is 5.92 Å². The van der Waals surface area contributed by atoms with Crippen molar-refractivity contribution in [3.05, 3.63) is 36.2 Å². The Morgan fingerprint density at radius 1 is 1.32 bits per heavy atom. The zero-order valence-electron chi connectivity index (χ0n) is 12.3. The molecule has 6 heteroatoms. The molecule has 1 aliphatic carbocycles. The number of aromatic nitrogens is 2. The van der Waals surface area contributed by atoms with Gasteiger partial charge in [-0.05, 0) is 25.0 Å². The Balaban J connectivity index is 1.77. The first-order chi connectivity index (χ1) is 10.7. The van der Waals surface area contributed by atoms with Gasteiger partial charge in [0.25, 0.3) is 0 Å². The van der Waals surface area contributed by atoms with Gasteiger partial charge in [-0.15, -0.1) is 0 Å².